The lowest BCUT2D eigenvalue weighted by molar-refractivity contribution is 0.696. The van der Waals surface area contributed by atoms with Crippen LogP contribution in [0.1, 0.15) is 49.4 Å². The molecular formula is C16H23N3S. The molecule has 0 amide bonds. The molecule has 2 N–H and O–H groups in total. The van der Waals surface area contributed by atoms with E-state index in [1.54, 1.807) is 0 Å². The lowest BCUT2D eigenvalue weighted by Gasteiger charge is -2.26. The van der Waals surface area contributed by atoms with E-state index in [0.29, 0.717) is 4.99 Å². The molecule has 0 unspecified atom stereocenters. The smallest absolute Gasteiger partial charge is 0.139 e. The summed E-state index contributed by atoms with van der Waals surface area (Å²) in [4.78, 5) is 7.83. The van der Waals surface area contributed by atoms with Crippen molar-refractivity contribution in [2.45, 2.75) is 45.4 Å². The minimum atomic E-state index is 0.485. The highest BCUT2D eigenvalue weighted by Gasteiger charge is 2.27. The number of nitrogens with zero attached hydrogens (tertiary/aromatic N) is 2. The zero-order valence-corrected chi connectivity index (χ0v) is 13.0. The van der Waals surface area contributed by atoms with Crippen molar-refractivity contribution in [3.05, 3.63) is 22.9 Å². The molecule has 1 aromatic heterocycles. The summed E-state index contributed by atoms with van der Waals surface area (Å²) >= 11 is 5.26. The van der Waals surface area contributed by atoms with E-state index in [2.05, 4.69) is 17.9 Å². The van der Waals surface area contributed by atoms with Gasteiger partial charge in [0, 0.05) is 18.8 Å². The summed E-state index contributed by atoms with van der Waals surface area (Å²) < 4.78 is 0. The number of thiocarbonyl (C=S) groups is 1. The molecule has 108 valence electrons. The molecule has 0 bridgehead atoms. The quantitative estimate of drug-likeness (QED) is 0.818. The zero-order chi connectivity index (χ0) is 14.1. The number of hydrogen-bond acceptors (Lipinski definition) is 3. The van der Waals surface area contributed by atoms with Crippen LogP contribution in [0.25, 0.3) is 0 Å². The van der Waals surface area contributed by atoms with E-state index < -0.39 is 0 Å². The molecule has 0 saturated heterocycles. The maximum absolute atomic E-state index is 5.95. The van der Waals surface area contributed by atoms with Crippen LogP contribution in [0.4, 0.5) is 5.82 Å². The summed E-state index contributed by atoms with van der Waals surface area (Å²) in [5, 5.41) is 0. The van der Waals surface area contributed by atoms with E-state index in [9.17, 15) is 0 Å². The van der Waals surface area contributed by atoms with Gasteiger partial charge in [0.1, 0.15) is 10.8 Å². The van der Waals surface area contributed by atoms with E-state index in [1.165, 1.54) is 30.5 Å². The molecular weight excluding hydrogens is 266 g/mol. The van der Waals surface area contributed by atoms with Gasteiger partial charge in [0.25, 0.3) is 0 Å². The lowest BCUT2D eigenvalue weighted by atomic mass is 10.1. The second-order valence-electron chi connectivity index (χ2n) is 6.07. The van der Waals surface area contributed by atoms with Gasteiger partial charge < -0.3 is 10.6 Å². The molecule has 20 heavy (non-hydrogen) atoms. The number of aryl methyl sites for hydroxylation is 2. The van der Waals surface area contributed by atoms with Gasteiger partial charge in [-0.15, -0.1) is 0 Å². The minimum absolute atomic E-state index is 0.485. The van der Waals surface area contributed by atoms with Crippen LogP contribution in [0, 0.1) is 5.92 Å². The number of pyridine rings is 1. The van der Waals surface area contributed by atoms with Crippen molar-refractivity contribution in [1.82, 2.24) is 4.98 Å². The van der Waals surface area contributed by atoms with Gasteiger partial charge in [-0.2, -0.15) is 0 Å². The van der Waals surface area contributed by atoms with Gasteiger partial charge in [0.2, 0.25) is 0 Å². The molecule has 0 radical (unpaired) electrons. The normalized spacial score (nSPS) is 17.1. The molecule has 1 saturated carbocycles. The van der Waals surface area contributed by atoms with Gasteiger partial charge >= 0.3 is 0 Å². The average Bonchev–Trinajstić information content (AvgIpc) is 3.12. The first-order chi connectivity index (χ1) is 9.69. The Kier molecular flexibility index (Phi) is 3.92. The number of rotatable bonds is 6. The average molecular weight is 289 g/mol. The summed E-state index contributed by atoms with van der Waals surface area (Å²) in [5.74, 6) is 1.88. The van der Waals surface area contributed by atoms with Gasteiger partial charge in [0.05, 0.1) is 5.56 Å². The van der Waals surface area contributed by atoms with Crippen LogP contribution in [-0.2, 0) is 12.8 Å². The second-order valence-corrected chi connectivity index (χ2v) is 6.51. The highest BCUT2D eigenvalue weighted by molar-refractivity contribution is 7.80. The first kappa shape index (κ1) is 13.8. The van der Waals surface area contributed by atoms with Gasteiger partial charge in [0.15, 0.2) is 0 Å². The third kappa shape index (κ3) is 2.80. The molecule has 3 nitrogen and oxygen atoms in total. The van der Waals surface area contributed by atoms with Crippen molar-refractivity contribution in [1.29, 1.82) is 0 Å². The predicted molar refractivity (Wildman–Crippen MR) is 87.4 cm³/mol. The van der Waals surface area contributed by atoms with E-state index >= 15 is 0 Å². The molecule has 3 rings (SSSR count). The Hall–Kier alpha value is -1.16. The molecule has 4 heteroatoms. The van der Waals surface area contributed by atoms with Crippen molar-refractivity contribution in [3.8, 4) is 0 Å². The molecule has 1 fully saturated rings. The van der Waals surface area contributed by atoms with Crippen LogP contribution in [0.3, 0.4) is 0 Å². The third-order valence-electron chi connectivity index (χ3n) is 4.26. The molecule has 2 aliphatic rings. The molecule has 0 aromatic carbocycles. The standard InChI is InChI=1S/C16H23N3S/c1-2-8-19(10-11-6-7-11)16-13(15(17)20)9-12-4-3-5-14(12)18-16/h9,11H,2-8,10H2,1H3,(H2,17,20). The lowest BCUT2D eigenvalue weighted by Crippen LogP contribution is -2.30. The monoisotopic (exact) mass is 289 g/mol. The fourth-order valence-electron chi connectivity index (χ4n) is 3.05. The molecule has 0 aliphatic heterocycles. The van der Waals surface area contributed by atoms with Crippen LogP contribution in [0.5, 0.6) is 0 Å². The van der Waals surface area contributed by atoms with E-state index in [0.717, 1.165) is 49.7 Å². The summed E-state index contributed by atoms with van der Waals surface area (Å²) in [5.41, 5.74) is 9.54. The predicted octanol–water partition coefficient (Wildman–Crippen LogP) is 2.83. The second kappa shape index (κ2) is 5.68. The number of nitrogens with two attached hydrogens (primary N) is 1. The number of hydrogen-bond donors (Lipinski definition) is 1. The van der Waals surface area contributed by atoms with Crippen molar-refractivity contribution in [2.24, 2.45) is 11.7 Å². The Morgan fingerprint density at radius 2 is 2.25 bits per heavy atom. The van der Waals surface area contributed by atoms with Crippen LogP contribution >= 0.6 is 12.2 Å². The fourth-order valence-corrected chi connectivity index (χ4v) is 3.20. The first-order valence-electron chi connectivity index (χ1n) is 7.76. The van der Waals surface area contributed by atoms with Crippen molar-refractivity contribution >= 4 is 23.0 Å². The van der Waals surface area contributed by atoms with Crippen LogP contribution in [0.15, 0.2) is 6.07 Å². The molecule has 1 heterocycles. The van der Waals surface area contributed by atoms with Gasteiger partial charge in [-0.3, -0.25) is 0 Å². The first-order valence-corrected chi connectivity index (χ1v) is 8.17. The van der Waals surface area contributed by atoms with Crippen molar-refractivity contribution < 1.29 is 0 Å². The van der Waals surface area contributed by atoms with E-state index in [-0.39, 0.29) is 0 Å². The summed E-state index contributed by atoms with van der Waals surface area (Å²) in [6.07, 6.45) is 7.26. The third-order valence-corrected chi connectivity index (χ3v) is 4.48. The van der Waals surface area contributed by atoms with Gasteiger partial charge in [-0.05, 0) is 56.1 Å². The topological polar surface area (TPSA) is 42.2 Å². The van der Waals surface area contributed by atoms with Crippen molar-refractivity contribution in [3.63, 3.8) is 0 Å². The SMILES string of the molecule is CCCN(CC1CC1)c1nc2c(cc1C(N)=S)CCC2. The largest absolute Gasteiger partial charge is 0.389 e. The van der Waals surface area contributed by atoms with Crippen LogP contribution < -0.4 is 10.6 Å². The fraction of sp³-hybridized carbons (Fsp3) is 0.625. The Morgan fingerprint density at radius 3 is 2.90 bits per heavy atom. The number of anilines is 1. The molecule has 2 aliphatic carbocycles. The van der Waals surface area contributed by atoms with Gasteiger partial charge in [-0.25, -0.2) is 4.98 Å². The Morgan fingerprint density at radius 1 is 1.45 bits per heavy atom. The Balaban J connectivity index is 1.97. The maximum atomic E-state index is 5.95. The summed E-state index contributed by atoms with van der Waals surface area (Å²) in [7, 11) is 0. The highest BCUT2D eigenvalue weighted by Crippen LogP contribution is 2.33. The van der Waals surface area contributed by atoms with E-state index in [1.807, 2.05) is 0 Å². The number of aromatic nitrogens is 1. The highest BCUT2D eigenvalue weighted by atomic mass is 32.1. The Labute approximate surface area is 126 Å². The minimum Gasteiger partial charge on any atom is -0.389 e. The van der Waals surface area contributed by atoms with Crippen molar-refractivity contribution in [2.75, 3.05) is 18.0 Å². The summed E-state index contributed by atoms with van der Waals surface area (Å²) in [6.45, 7) is 4.36. The Bertz CT molecular complexity index is 523. The molecule has 1 aromatic rings. The van der Waals surface area contributed by atoms with E-state index in [4.69, 9.17) is 22.9 Å². The molecule has 0 spiro atoms. The zero-order valence-electron chi connectivity index (χ0n) is 12.2. The van der Waals surface area contributed by atoms with Gasteiger partial charge in [-0.1, -0.05) is 19.1 Å². The number of fused-ring (bicyclic) bond motifs is 1. The molecule has 0 atom stereocenters. The summed E-state index contributed by atoms with van der Waals surface area (Å²) in [6, 6.07) is 2.20. The van der Waals surface area contributed by atoms with Crippen LogP contribution in [-0.4, -0.2) is 23.1 Å². The van der Waals surface area contributed by atoms with Crippen LogP contribution in [0.2, 0.25) is 0 Å². The maximum Gasteiger partial charge on any atom is 0.139 e.